The first kappa shape index (κ1) is 27.7. The predicted octanol–water partition coefficient (Wildman–Crippen LogP) is 2.92. The van der Waals surface area contributed by atoms with Gasteiger partial charge in [-0.1, -0.05) is 18.4 Å². The number of rotatable bonds is 13. The van der Waals surface area contributed by atoms with Crippen LogP contribution in [-0.4, -0.2) is 78.1 Å². The summed E-state index contributed by atoms with van der Waals surface area (Å²) in [7, 11) is 0. The zero-order valence-corrected chi connectivity index (χ0v) is 21.9. The van der Waals surface area contributed by atoms with Crippen molar-refractivity contribution in [2.24, 2.45) is 5.92 Å². The minimum absolute atomic E-state index is 0.0600. The third kappa shape index (κ3) is 8.08. The van der Waals surface area contributed by atoms with E-state index in [0.717, 1.165) is 31.1 Å². The molecule has 8 nitrogen and oxygen atoms in total. The Bertz CT molecular complexity index is 953. The van der Waals surface area contributed by atoms with Crippen molar-refractivity contribution in [1.29, 1.82) is 5.26 Å². The van der Waals surface area contributed by atoms with Crippen LogP contribution in [0.25, 0.3) is 0 Å². The highest BCUT2D eigenvalue weighted by Gasteiger charge is 2.40. The van der Waals surface area contributed by atoms with Gasteiger partial charge in [-0.25, -0.2) is 0 Å². The Kier molecular flexibility index (Phi) is 11.3. The van der Waals surface area contributed by atoms with Crippen molar-refractivity contribution in [2.75, 3.05) is 51.2 Å². The van der Waals surface area contributed by atoms with Crippen molar-refractivity contribution >= 4 is 29.3 Å². The van der Waals surface area contributed by atoms with Crippen LogP contribution in [0.3, 0.4) is 0 Å². The molecule has 2 aliphatic heterocycles. The van der Waals surface area contributed by atoms with Gasteiger partial charge in [-0.05, 0) is 51.4 Å². The van der Waals surface area contributed by atoms with Crippen LogP contribution < -0.4 is 15.4 Å². The van der Waals surface area contributed by atoms with E-state index in [1.54, 1.807) is 4.90 Å². The van der Waals surface area contributed by atoms with Crippen molar-refractivity contribution in [2.45, 2.75) is 49.7 Å². The Morgan fingerprint density at radius 1 is 1.33 bits per heavy atom. The lowest BCUT2D eigenvalue weighted by molar-refractivity contribution is -0.131. The second-order valence-corrected chi connectivity index (χ2v) is 10.4. The average Bonchev–Trinajstić information content (AvgIpc) is 3.20. The molecule has 0 bridgehead atoms. The Hall–Kier alpha value is -2.88. The number of thioether (sulfide) groups is 1. The van der Waals surface area contributed by atoms with E-state index in [4.69, 9.17) is 11.2 Å². The lowest BCUT2D eigenvalue weighted by Gasteiger charge is -2.26. The van der Waals surface area contributed by atoms with Gasteiger partial charge in [0.05, 0.1) is 23.2 Å². The number of nitrogens with zero attached hydrogens (tertiary/aromatic N) is 3. The van der Waals surface area contributed by atoms with Crippen molar-refractivity contribution in [1.82, 2.24) is 15.1 Å². The summed E-state index contributed by atoms with van der Waals surface area (Å²) in [5.74, 6) is 2.01. The van der Waals surface area contributed by atoms with Crippen LogP contribution in [0.5, 0.6) is 5.75 Å². The van der Waals surface area contributed by atoms with E-state index in [9.17, 15) is 14.9 Å². The molecule has 3 rings (SSSR count). The molecular weight excluding hydrogens is 474 g/mol. The number of hydrogen-bond donors (Lipinski definition) is 2. The van der Waals surface area contributed by atoms with E-state index in [1.165, 1.54) is 31.0 Å². The van der Waals surface area contributed by atoms with Crippen molar-refractivity contribution in [3.63, 3.8) is 0 Å². The van der Waals surface area contributed by atoms with E-state index in [1.807, 2.05) is 31.2 Å². The quantitative estimate of drug-likeness (QED) is 0.393. The Balaban J connectivity index is 1.45. The first-order chi connectivity index (χ1) is 17.5. The SMILES string of the molecule is C#CCNC(=O)C(C#N)CC1SC(CCNc2cccc(OCCN3CCCCC3)c2)C(=O)N1CC. The van der Waals surface area contributed by atoms with Crippen LogP contribution in [0, 0.1) is 29.6 Å². The molecule has 3 unspecified atom stereocenters. The summed E-state index contributed by atoms with van der Waals surface area (Å²) in [6.07, 6.45) is 10.0. The number of carbonyl (C=O) groups is 2. The summed E-state index contributed by atoms with van der Waals surface area (Å²) in [5, 5.41) is 15.0. The number of benzene rings is 1. The standard InChI is InChI=1S/C27H37N5O3S/c1-3-12-30-26(33)21(20-28)18-25-32(4-2)27(34)24(36-25)11-13-29-22-9-8-10-23(19-22)35-17-16-31-14-6-5-7-15-31/h1,8-10,19,21,24-25,29H,4-7,11-18H2,2H3,(H,30,33). The summed E-state index contributed by atoms with van der Waals surface area (Å²) in [4.78, 5) is 29.4. The normalized spacial score (nSPS) is 20.9. The maximum Gasteiger partial charge on any atom is 0.238 e. The van der Waals surface area contributed by atoms with E-state index in [-0.39, 0.29) is 35.4 Å². The molecule has 0 aromatic heterocycles. The molecule has 3 atom stereocenters. The Morgan fingerprint density at radius 2 is 2.14 bits per heavy atom. The fraction of sp³-hybridized carbons (Fsp3) is 0.593. The van der Waals surface area contributed by atoms with Gasteiger partial charge in [0.1, 0.15) is 18.3 Å². The van der Waals surface area contributed by atoms with Gasteiger partial charge in [0, 0.05) is 37.8 Å². The molecule has 1 aromatic carbocycles. The predicted molar refractivity (Wildman–Crippen MR) is 143 cm³/mol. The van der Waals surface area contributed by atoms with Crippen LogP contribution in [0.1, 0.15) is 39.0 Å². The molecule has 2 amide bonds. The number of terminal acetylenes is 1. The third-order valence-electron chi connectivity index (χ3n) is 6.54. The molecule has 0 spiro atoms. The average molecular weight is 512 g/mol. The number of piperidine rings is 1. The smallest absolute Gasteiger partial charge is 0.238 e. The first-order valence-corrected chi connectivity index (χ1v) is 13.8. The molecule has 2 aliphatic rings. The van der Waals surface area contributed by atoms with Gasteiger partial charge in [-0.2, -0.15) is 5.26 Å². The number of nitriles is 1. The minimum atomic E-state index is -0.841. The number of ether oxygens (including phenoxy) is 1. The van der Waals surface area contributed by atoms with Crippen LogP contribution >= 0.6 is 11.8 Å². The van der Waals surface area contributed by atoms with Crippen molar-refractivity contribution in [3.05, 3.63) is 24.3 Å². The fourth-order valence-electron chi connectivity index (χ4n) is 4.58. The number of likely N-dealkylation sites (tertiary alicyclic amines) is 1. The number of anilines is 1. The van der Waals surface area contributed by atoms with E-state index < -0.39 is 5.92 Å². The maximum atomic E-state index is 12.9. The molecular formula is C27H37N5O3S. The summed E-state index contributed by atoms with van der Waals surface area (Å²) < 4.78 is 5.96. The van der Waals surface area contributed by atoms with Gasteiger partial charge in [-0.3, -0.25) is 14.5 Å². The van der Waals surface area contributed by atoms with Crippen LogP contribution in [0.4, 0.5) is 5.69 Å². The Morgan fingerprint density at radius 3 is 2.86 bits per heavy atom. The second kappa shape index (κ2) is 14.6. The molecule has 36 heavy (non-hydrogen) atoms. The van der Waals surface area contributed by atoms with Gasteiger partial charge >= 0.3 is 0 Å². The summed E-state index contributed by atoms with van der Waals surface area (Å²) in [6, 6.07) is 9.98. The van der Waals surface area contributed by atoms with Crippen LogP contribution in [0.15, 0.2) is 24.3 Å². The number of hydrogen-bond acceptors (Lipinski definition) is 7. The maximum absolute atomic E-state index is 12.9. The molecule has 2 heterocycles. The number of nitrogens with one attached hydrogen (secondary N) is 2. The molecule has 0 aliphatic carbocycles. The third-order valence-corrected chi connectivity index (χ3v) is 8.06. The van der Waals surface area contributed by atoms with Gasteiger partial charge < -0.3 is 20.3 Å². The lowest BCUT2D eigenvalue weighted by Crippen LogP contribution is -2.38. The highest BCUT2D eigenvalue weighted by molar-refractivity contribution is 8.01. The molecule has 2 fully saturated rings. The largest absolute Gasteiger partial charge is 0.492 e. The van der Waals surface area contributed by atoms with E-state index in [0.29, 0.717) is 26.1 Å². The summed E-state index contributed by atoms with van der Waals surface area (Å²) in [6.45, 7) is 7.13. The van der Waals surface area contributed by atoms with Crippen molar-refractivity contribution in [3.8, 4) is 24.2 Å². The van der Waals surface area contributed by atoms with Gasteiger partial charge in [-0.15, -0.1) is 18.2 Å². The highest BCUT2D eigenvalue weighted by atomic mass is 32.2. The minimum Gasteiger partial charge on any atom is -0.492 e. The molecule has 1 aromatic rings. The monoisotopic (exact) mass is 511 g/mol. The zero-order valence-electron chi connectivity index (χ0n) is 21.1. The topological polar surface area (TPSA) is 97.7 Å². The highest BCUT2D eigenvalue weighted by Crippen LogP contribution is 2.37. The molecule has 0 radical (unpaired) electrons. The van der Waals surface area contributed by atoms with Crippen LogP contribution in [-0.2, 0) is 9.59 Å². The number of amides is 2. The molecule has 0 saturated carbocycles. The van der Waals surface area contributed by atoms with Gasteiger partial charge in [0.15, 0.2) is 0 Å². The molecule has 9 heteroatoms. The molecule has 194 valence electrons. The van der Waals surface area contributed by atoms with Gasteiger partial charge in [0.25, 0.3) is 0 Å². The van der Waals surface area contributed by atoms with E-state index in [2.05, 4.69) is 27.5 Å². The van der Waals surface area contributed by atoms with Crippen molar-refractivity contribution < 1.29 is 14.3 Å². The number of carbonyl (C=O) groups excluding carboxylic acids is 2. The second-order valence-electron chi connectivity index (χ2n) is 9.04. The van der Waals surface area contributed by atoms with Gasteiger partial charge in [0.2, 0.25) is 11.8 Å². The summed E-state index contributed by atoms with van der Waals surface area (Å²) >= 11 is 1.53. The lowest BCUT2D eigenvalue weighted by atomic mass is 10.1. The first-order valence-electron chi connectivity index (χ1n) is 12.8. The van der Waals surface area contributed by atoms with E-state index >= 15 is 0 Å². The Labute approximate surface area is 219 Å². The molecule has 2 saturated heterocycles. The fourth-order valence-corrected chi connectivity index (χ4v) is 6.17. The zero-order chi connectivity index (χ0) is 25.8. The summed E-state index contributed by atoms with van der Waals surface area (Å²) in [5.41, 5.74) is 0.958. The van der Waals surface area contributed by atoms with Crippen LogP contribution in [0.2, 0.25) is 0 Å². The molecule has 2 N–H and O–H groups in total.